The average molecular weight is 657 g/mol. The molecule has 1 saturated heterocycles. The second-order valence-electron chi connectivity index (χ2n) is 11.9. The summed E-state index contributed by atoms with van der Waals surface area (Å²) in [5.74, 6) is 0.0106. The molecule has 2 atom stereocenters. The Balaban J connectivity index is 1.18. The average Bonchev–Trinajstić information content (AvgIpc) is 3.75. The van der Waals surface area contributed by atoms with E-state index in [0.717, 1.165) is 61.4 Å². The molecule has 1 aliphatic carbocycles. The number of hydrogen-bond acceptors (Lipinski definition) is 7. The van der Waals surface area contributed by atoms with Crippen LogP contribution in [-0.2, 0) is 22.6 Å². The summed E-state index contributed by atoms with van der Waals surface area (Å²) in [6.45, 7) is 3.68. The number of piperazine rings is 1. The van der Waals surface area contributed by atoms with Crippen LogP contribution >= 0.6 is 22.9 Å². The zero-order valence-corrected chi connectivity index (χ0v) is 27.4. The number of ether oxygens (including phenoxy) is 1. The maximum atomic E-state index is 14.2. The van der Waals surface area contributed by atoms with Crippen LogP contribution < -0.4 is 9.80 Å². The van der Waals surface area contributed by atoms with E-state index < -0.39 is 0 Å². The van der Waals surface area contributed by atoms with Gasteiger partial charge in [-0.2, -0.15) is 5.26 Å². The number of anilines is 2. The lowest BCUT2D eigenvalue weighted by Gasteiger charge is -2.36. The highest BCUT2D eigenvalue weighted by molar-refractivity contribution is 7.17. The molecule has 11 heteroatoms. The molecule has 0 spiro atoms. The summed E-state index contributed by atoms with van der Waals surface area (Å²) in [5.41, 5.74) is 4.49. The number of carbonyl (C=O) groups is 2. The molecule has 0 radical (unpaired) electrons. The van der Waals surface area contributed by atoms with Crippen molar-refractivity contribution in [1.29, 1.82) is 5.26 Å². The van der Waals surface area contributed by atoms with Gasteiger partial charge in [0, 0.05) is 63.3 Å². The number of imidazole rings is 1. The number of thiophene rings is 1. The van der Waals surface area contributed by atoms with Crippen molar-refractivity contribution in [2.45, 2.75) is 44.9 Å². The molecule has 2 aliphatic rings. The van der Waals surface area contributed by atoms with Gasteiger partial charge in [-0.15, -0.1) is 11.3 Å². The Morgan fingerprint density at radius 1 is 1.04 bits per heavy atom. The van der Waals surface area contributed by atoms with Crippen molar-refractivity contribution in [3.05, 3.63) is 99.2 Å². The number of hydrogen-bond donors (Lipinski definition) is 0. The van der Waals surface area contributed by atoms with Gasteiger partial charge in [0.15, 0.2) is 0 Å². The third-order valence-electron chi connectivity index (χ3n) is 9.01. The van der Waals surface area contributed by atoms with Gasteiger partial charge >= 0.3 is 0 Å². The highest BCUT2D eigenvalue weighted by atomic mass is 35.5. The van der Waals surface area contributed by atoms with Crippen LogP contribution in [0.1, 0.15) is 52.2 Å². The topological polar surface area (TPSA) is 94.7 Å². The standard InChI is InChI=1S/C35H37ClN6O3S/c1-45-31-4-2-3-27(19-31)34(43)42(23-30-21-38-24-41(30)22-26-7-5-25(20-37)6-8-26)29-11-9-28(10-12-29)39-15-17-40(18-16-39)35(44)32-13-14-33(36)46-32/h5-14,21,24,27,31H,2-4,15-19,22-23H2,1H3. The first-order chi connectivity index (χ1) is 22.4. The lowest BCUT2D eigenvalue weighted by atomic mass is 9.86. The van der Waals surface area contributed by atoms with E-state index >= 15 is 0 Å². The van der Waals surface area contributed by atoms with Crippen molar-refractivity contribution in [3.8, 4) is 6.07 Å². The summed E-state index contributed by atoms with van der Waals surface area (Å²) in [6, 6.07) is 21.4. The summed E-state index contributed by atoms with van der Waals surface area (Å²) in [7, 11) is 1.73. The number of amides is 2. The molecule has 3 heterocycles. The fraction of sp³-hybridized carbons (Fsp3) is 0.371. The van der Waals surface area contributed by atoms with E-state index in [-0.39, 0.29) is 23.8 Å². The van der Waals surface area contributed by atoms with E-state index in [4.69, 9.17) is 21.6 Å². The minimum Gasteiger partial charge on any atom is -0.381 e. The molecule has 46 heavy (non-hydrogen) atoms. The Kier molecular flexibility index (Phi) is 10.0. The Labute approximate surface area is 278 Å². The molecule has 1 aliphatic heterocycles. The third-order valence-corrected chi connectivity index (χ3v) is 10.2. The zero-order valence-electron chi connectivity index (χ0n) is 25.8. The molecule has 2 aromatic carbocycles. The van der Waals surface area contributed by atoms with Crippen LogP contribution in [0.5, 0.6) is 0 Å². The molecular weight excluding hydrogens is 620 g/mol. The number of nitriles is 1. The smallest absolute Gasteiger partial charge is 0.264 e. The van der Waals surface area contributed by atoms with Gasteiger partial charge in [-0.3, -0.25) is 9.59 Å². The first-order valence-electron chi connectivity index (χ1n) is 15.6. The Bertz CT molecular complexity index is 1690. The second kappa shape index (κ2) is 14.5. The van der Waals surface area contributed by atoms with Gasteiger partial charge in [-0.1, -0.05) is 30.2 Å². The van der Waals surface area contributed by atoms with Crippen LogP contribution in [0.2, 0.25) is 4.34 Å². The van der Waals surface area contributed by atoms with E-state index in [1.807, 2.05) is 52.4 Å². The lowest BCUT2D eigenvalue weighted by molar-refractivity contribution is -0.125. The maximum absolute atomic E-state index is 14.2. The molecule has 2 aromatic heterocycles. The molecular formula is C35H37ClN6O3S. The number of benzene rings is 2. The minimum atomic E-state index is -0.114. The highest BCUT2D eigenvalue weighted by Gasteiger charge is 2.32. The number of nitrogens with zero attached hydrogens (tertiary/aromatic N) is 6. The predicted molar refractivity (Wildman–Crippen MR) is 180 cm³/mol. The van der Waals surface area contributed by atoms with Crippen molar-refractivity contribution in [1.82, 2.24) is 14.5 Å². The molecule has 2 unspecified atom stereocenters. The first kappa shape index (κ1) is 31.8. The summed E-state index contributed by atoms with van der Waals surface area (Å²) in [6.07, 6.45) is 7.21. The maximum Gasteiger partial charge on any atom is 0.264 e. The summed E-state index contributed by atoms with van der Waals surface area (Å²) < 4.78 is 8.33. The molecule has 0 bridgehead atoms. The van der Waals surface area contributed by atoms with Crippen molar-refractivity contribution >= 4 is 46.1 Å². The van der Waals surface area contributed by atoms with Gasteiger partial charge < -0.3 is 24.0 Å². The van der Waals surface area contributed by atoms with Crippen molar-refractivity contribution in [2.24, 2.45) is 5.92 Å². The van der Waals surface area contributed by atoms with Gasteiger partial charge in [0.25, 0.3) is 5.91 Å². The van der Waals surface area contributed by atoms with Crippen LogP contribution in [0.3, 0.4) is 0 Å². The molecule has 0 N–H and O–H groups in total. The monoisotopic (exact) mass is 656 g/mol. The number of aromatic nitrogens is 2. The summed E-state index contributed by atoms with van der Waals surface area (Å²) in [4.78, 5) is 38.2. The number of halogens is 1. The lowest BCUT2D eigenvalue weighted by Crippen LogP contribution is -2.48. The number of rotatable bonds is 9. The Morgan fingerprint density at radius 3 is 2.48 bits per heavy atom. The van der Waals surface area contributed by atoms with Gasteiger partial charge in [0.2, 0.25) is 5.91 Å². The minimum absolute atomic E-state index is 0.0258. The largest absolute Gasteiger partial charge is 0.381 e. The third kappa shape index (κ3) is 7.28. The van der Waals surface area contributed by atoms with E-state index in [1.54, 1.807) is 25.6 Å². The van der Waals surface area contributed by atoms with E-state index in [1.165, 1.54) is 11.3 Å². The SMILES string of the molecule is COC1CCCC(C(=O)N(Cc2cncn2Cc2ccc(C#N)cc2)c2ccc(N3CCN(C(=O)c4ccc(Cl)s4)CC3)cc2)C1. The van der Waals surface area contributed by atoms with Crippen LogP contribution in [0, 0.1) is 17.2 Å². The van der Waals surface area contributed by atoms with Crippen molar-refractivity contribution in [3.63, 3.8) is 0 Å². The Hall–Kier alpha value is -4.17. The molecule has 2 fully saturated rings. The van der Waals surface area contributed by atoms with E-state index in [0.29, 0.717) is 41.0 Å². The fourth-order valence-electron chi connectivity index (χ4n) is 6.36. The molecule has 4 aromatic rings. The molecule has 6 rings (SSSR count). The molecule has 1 saturated carbocycles. The van der Waals surface area contributed by atoms with Crippen molar-refractivity contribution in [2.75, 3.05) is 43.1 Å². The zero-order chi connectivity index (χ0) is 32.0. The second-order valence-corrected chi connectivity index (χ2v) is 13.6. The van der Waals surface area contributed by atoms with Gasteiger partial charge in [0.1, 0.15) is 0 Å². The van der Waals surface area contributed by atoms with Crippen molar-refractivity contribution < 1.29 is 14.3 Å². The van der Waals surface area contributed by atoms with Crippen LogP contribution in [0.4, 0.5) is 11.4 Å². The Morgan fingerprint density at radius 2 is 1.80 bits per heavy atom. The summed E-state index contributed by atoms with van der Waals surface area (Å²) in [5, 5.41) is 9.16. The highest BCUT2D eigenvalue weighted by Crippen LogP contribution is 2.32. The van der Waals surface area contributed by atoms with Gasteiger partial charge in [-0.25, -0.2) is 4.98 Å². The predicted octanol–water partition coefficient (Wildman–Crippen LogP) is 6.22. The van der Waals surface area contributed by atoms with Crippen LogP contribution in [-0.4, -0.2) is 65.7 Å². The van der Waals surface area contributed by atoms with Gasteiger partial charge in [-0.05, 0) is 73.4 Å². The van der Waals surface area contributed by atoms with E-state index in [9.17, 15) is 9.59 Å². The molecule has 2 amide bonds. The van der Waals surface area contributed by atoms with Crippen LogP contribution in [0.15, 0.2) is 73.2 Å². The van der Waals surface area contributed by atoms with Crippen LogP contribution in [0.25, 0.3) is 0 Å². The number of carbonyl (C=O) groups excluding carboxylic acids is 2. The normalized spacial score (nSPS) is 18.3. The van der Waals surface area contributed by atoms with E-state index in [2.05, 4.69) is 32.7 Å². The van der Waals surface area contributed by atoms with Gasteiger partial charge in [0.05, 0.1) is 45.5 Å². The summed E-state index contributed by atoms with van der Waals surface area (Å²) >= 11 is 7.36. The first-order valence-corrected chi connectivity index (χ1v) is 16.8. The molecule has 238 valence electrons. The molecule has 9 nitrogen and oxygen atoms in total. The quantitative estimate of drug-likeness (QED) is 0.212. The number of methoxy groups -OCH3 is 1. The fourth-order valence-corrected chi connectivity index (χ4v) is 7.37.